The van der Waals surface area contributed by atoms with E-state index >= 15 is 0 Å². The van der Waals surface area contributed by atoms with Crippen molar-refractivity contribution in [2.45, 2.75) is 91.8 Å². The van der Waals surface area contributed by atoms with Gasteiger partial charge in [-0.2, -0.15) is 5.26 Å². The van der Waals surface area contributed by atoms with E-state index in [0.29, 0.717) is 31.0 Å². The highest BCUT2D eigenvalue weighted by molar-refractivity contribution is 7.44. The van der Waals surface area contributed by atoms with Crippen LogP contribution in [0.3, 0.4) is 0 Å². The topological polar surface area (TPSA) is 45.5 Å². The third-order valence-corrected chi connectivity index (χ3v) is 6.76. The summed E-state index contributed by atoms with van der Waals surface area (Å²) >= 11 is 0. The van der Waals surface area contributed by atoms with Crippen LogP contribution in [0.2, 0.25) is 0 Å². The number of hydrogen-bond acceptors (Lipinski definition) is 4. The Morgan fingerprint density at radius 1 is 1.22 bits per heavy atom. The summed E-state index contributed by atoms with van der Waals surface area (Å²) in [4.78, 5) is 0. The summed E-state index contributed by atoms with van der Waals surface area (Å²) in [6.07, 6.45) is 5.57. The number of rotatable bonds is 9. The minimum atomic E-state index is -1.11. The van der Waals surface area contributed by atoms with Crippen LogP contribution < -0.4 is 0 Å². The zero-order chi connectivity index (χ0) is 17.4. The lowest BCUT2D eigenvalue weighted by Crippen LogP contribution is -2.37. The van der Waals surface area contributed by atoms with E-state index in [2.05, 4.69) is 52.3 Å². The van der Waals surface area contributed by atoms with Gasteiger partial charge in [-0.3, -0.25) is 0 Å². The van der Waals surface area contributed by atoms with E-state index in [1.807, 2.05) is 0 Å². The molecule has 4 unspecified atom stereocenters. The van der Waals surface area contributed by atoms with E-state index in [0.717, 1.165) is 12.3 Å². The Morgan fingerprint density at radius 3 is 2.39 bits per heavy atom. The standard InChI is InChI=1S/C18H35N2O2P/c1-7-17-10-9-16(6)13-18(17)22-23(21-12-8-11-19)20(14(2)3)15(4)5/h14-18H,7-10,12-13H2,1-6H3. The maximum Gasteiger partial charge on any atom is 0.259 e. The SMILES string of the molecule is CCC1CCC(C)CC1OP(OCCC#N)N(C(C)C)C(C)C. The molecule has 0 radical (unpaired) electrons. The van der Waals surface area contributed by atoms with Crippen LogP contribution in [0.4, 0.5) is 0 Å². The second kappa shape index (κ2) is 10.6. The molecular formula is C18H35N2O2P. The molecule has 0 aliphatic heterocycles. The molecular weight excluding hydrogens is 307 g/mol. The normalized spacial score (nSPS) is 26.7. The van der Waals surface area contributed by atoms with Crippen molar-refractivity contribution in [2.24, 2.45) is 11.8 Å². The smallest absolute Gasteiger partial charge is 0.259 e. The summed E-state index contributed by atoms with van der Waals surface area (Å²) in [6, 6.07) is 2.89. The van der Waals surface area contributed by atoms with Gasteiger partial charge in [0.1, 0.15) is 0 Å². The van der Waals surface area contributed by atoms with Gasteiger partial charge in [0.15, 0.2) is 0 Å². The lowest BCUT2D eigenvalue weighted by molar-refractivity contribution is 0.0471. The maximum atomic E-state index is 8.80. The number of nitriles is 1. The fraction of sp³-hybridized carbons (Fsp3) is 0.944. The first-order valence-electron chi connectivity index (χ1n) is 9.15. The van der Waals surface area contributed by atoms with Gasteiger partial charge in [0.25, 0.3) is 8.53 Å². The third kappa shape index (κ3) is 6.67. The third-order valence-electron chi connectivity index (χ3n) is 4.60. The Morgan fingerprint density at radius 2 is 1.87 bits per heavy atom. The highest BCUT2D eigenvalue weighted by Gasteiger charge is 2.35. The van der Waals surface area contributed by atoms with Gasteiger partial charge >= 0.3 is 0 Å². The number of hydrogen-bond donors (Lipinski definition) is 0. The second-order valence-electron chi connectivity index (χ2n) is 7.28. The van der Waals surface area contributed by atoms with Crippen molar-refractivity contribution >= 4 is 8.53 Å². The molecule has 0 bridgehead atoms. The van der Waals surface area contributed by atoms with Crippen LogP contribution in [0.1, 0.15) is 73.6 Å². The van der Waals surface area contributed by atoms with E-state index in [4.69, 9.17) is 14.3 Å². The van der Waals surface area contributed by atoms with Gasteiger partial charge in [-0.25, -0.2) is 4.67 Å². The van der Waals surface area contributed by atoms with Gasteiger partial charge in [0.05, 0.1) is 25.2 Å². The van der Waals surface area contributed by atoms with Gasteiger partial charge in [-0.05, 0) is 52.4 Å². The average Bonchev–Trinajstić information content (AvgIpc) is 2.47. The van der Waals surface area contributed by atoms with Crippen LogP contribution in [-0.4, -0.2) is 29.5 Å². The first kappa shape index (κ1) is 20.8. The largest absolute Gasteiger partial charge is 0.321 e. The molecule has 4 nitrogen and oxygen atoms in total. The van der Waals surface area contributed by atoms with E-state index in [9.17, 15) is 0 Å². The van der Waals surface area contributed by atoms with Crippen LogP contribution in [0.15, 0.2) is 0 Å². The van der Waals surface area contributed by atoms with Gasteiger partial charge in [0, 0.05) is 12.1 Å². The van der Waals surface area contributed by atoms with Crippen LogP contribution in [0, 0.1) is 23.2 Å². The summed E-state index contributed by atoms with van der Waals surface area (Å²) < 4.78 is 14.9. The Balaban J connectivity index is 2.82. The van der Waals surface area contributed by atoms with Crippen molar-refractivity contribution in [3.63, 3.8) is 0 Å². The van der Waals surface area contributed by atoms with Crippen LogP contribution in [-0.2, 0) is 9.05 Å². The molecule has 1 aliphatic rings. The lowest BCUT2D eigenvalue weighted by atomic mass is 9.79. The summed E-state index contributed by atoms with van der Waals surface area (Å²) in [5.41, 5.74) is 0. The average molecular weight is 342 g/mol. The van der Waals surface area contributed by atoms with Gasteiger partial charge in [-0.15, -0.1) is 0 Å². The molecule has 0 aromatic carbocycles. The Labute approximate surface area is 144 Å². The molecule has 1 aliphatic carbocycles. The fourth-order valence-electron chi connectivity index (χ4n) is 3.40. The molecule has 23 heavy (non-hydrogen) atoms. The monoisotopic (exact) mass is 342 g/mol. The summed E-state index contributed by atoms with van der Waals surface area (Å²) in [7, 11) is -1.11. The van der Waals surface area contributed by atoms with Crippen molar-refractivity contribution < 1.29 is 9.05 Å². The lowest BCUT2D eigenvalue weighted by Gasteiger charge is -2.41. The van der Waals surface area contributed by atoms with Crippen LogP contribution >= 0.6 is 8.53 Å². The minimum Gasteiger partial charge on any atom is -0.321 e. The molecule has 1 rings (SSSR count). The molecule has 1 fully saturated rings. The van der Waals surface area contributed by atoms with Crippen molar-refractivity contribution in [3.8, 4) is 6.07 Å². The van der Waals surface area contributed by atoms with Gasteiger partial charge in [0.2, 0.25) is 0 Å². The quantitative estimate of drug-likeness (QED) is 0.410. The molecule has 1 saturated carbocycles. The molecule has 0 amide bonds. The van der Waals surface area contributed by atoms with E-state index in [1.54, 1.807) is 0 Å². The first-order chi connectivity index (χ1) is 10.9. The molecule has 0 aromatic heterocycles. The molecule has 0 aromatic rings. The number of nitrogens with zero attached hydrogens (tertiary/aromatic N) is 2. The summed E-state index contributed by atoms with van der Waals surface area (Å²) in [5.74, 6) is 1.36. The predicted molar refractivity (Wildman–Crippen MR) is 96.9 cm³/mol. The van der Waals surface area contributed by atoms with Crippen molar-refractivity contribution in [2.75, 3.05) is 6.61 Å². The van der Waals surface area contributed by atoms with Crippen LogP contribution in [0.5, 0.6) is 0 Å². The Bertz CT molecular complexity index is 363. The second-order valence-corrected chi connectivity index (χ2v) is 8.68. The molecule has 0 spiro atoms. The van der Waals surface area contributed by atoms with Crippen LogP contribution in [0.25, 0.3) is 0 Å². The predicted octanol–water partition coefficient (Wildman–Crippen LogP) is 5.49. The Hall–Kier alpha value is -0.200. The van der Waals surface area contributed by atoms with Gasteiger partial charge < -0.3 is 9.05 Å². The summed E-state index contributed by atoms with van der Waals surface area (Å²) in [6.45, 7) is 13.8. The van der Waals surface area contributed by atoms with E-state index in [-0.39, 0.29) is 6.10 Å². The molecule has 0 saturated heterocycles. The van der Waals surface area contributed by atoms with Gasteiger partial charge in [-0.1, -0.05) is 26.7 Å². The fourth-order valence-corrected chi connectivity index (χ4v) is 5.19. The van der Waals surface area contributed by atoms with Crippen molar-refractivity contribution in [3.05, 3.63) is 0 Å². The Kier molecular flexibility index (Phi) is 9.63. The summed E-state index contributed by atoms with van der Waals surface area (Å²) in [5, 5.41) is 8.80. The zero-order valence-electron chi connectivity index (χ0n) is 15.8. The highest BCUT2D eigenvalue weighted by Crippen LogP contribution is 2.50. The molecule has 0 heterocycles. The van der Waals surface area contributed by atoms with Crippen molar-refractivity contribution in [1.82, 2.24) is 4.67 Å². The molecule has 134 valence electrons. The molecule has 5 heteroatoms. The van der Waals surface area contributed by atoms with E-state index in [1.165, 1.54) is 19.3 Å². The first-order valence-corrected chi connectivity index (χ1v) is 10.3. The minimum absolute atomic E-state index is 0.289. The maximum absolute atomic E-state index is 8.80. The highest BCUT2D eigenvalue weighted by atomic mass is 31.2. The molecule has 4 atom stereocenters. The molecule has 0 N–H and O–H groups in total. The van der Waals surface area contributed by atoms with E-state index < -0.39 is 8.53 Å². The van der Waals surface area contributed by atoms with Crippen molar-refractivity contribution in [1.29, 1.82) is 5.26 Å². The zero-order valence-corrected chi connectivity index (χ0v) is 16.7.